The summed E-state index contributed by atoms with van der Waals surface area (Å²) < 4.78 is 1.62. The molecule has 0 radical (unpaired) electrons. The highest BCUT2D eigenvalue weighted by molar-refractivity contribution is 5.89. The van der Waals surface area contributed by atoms with E-state index in [1.165, 1.54) is 0 Å². The SMILES string of the molecule is CCC(=O)Nc1cc(-n2cccn2)nc(-c2ncccc2C)n1. The van der Waals surface area contributed by atoms with Gasteiger partial charge in [-0.05, 0) is 24.6 Å². The van der Waals surface area contributed by atoms with Crippen LogP contribution < -0.4 is 5.32 Å². The van der Waals surface area contributed by atoms with E-state index in [9.17, 15) is 4.79 Å². The van der Waals surface area contributed by atoms with Crippen molar-refractivity contribution in [2.75, 3.05) is 5.32 Å². The highest BCUT2D eigenvalue weighted by Gasteiger charge is 2.12. The number of aromatic nitrogens is 5. The molecule has 116 valence electrons. The van der Waals surface area contributed by atoms with Crippen LogP contribution in [0.3, 0.4) is 0 Å². The number of aryl methyl sites for hydroxylation is 1. The molecule has 0 saturated heterocycles. The maximum absolute atomic E-state index is 11.7. The van der Waals surface area contributed by atoms with Crippen LogP contribution in [0.25, 0.3) is 17.3 Å². The van der Waals surface area contributed by atoms with Crippen molar-refractivity contribution in [2.24, 2.45) is 0 Å². The largest absolute Gasteiger partial charge is 0.311 e. The number of amides is 1. The number of nitrogens with zero attached hydrogens (tertiary/aromatic N) is 5. The van der Waals surface area contributed by atoms with Crippen molar-refractivity contribution in [1.29, 1.82) is 0 Å². The molecule has 7 nitrogen and oxygen atoms in total. The second kappa shape index (κ2) is 6.35. The van der Waals surface area contributed by atoms with Gasteiger partial charge >= 0.3 is 0 Å². The van der Waals surface area contributed by atoms with E-state index >= 15 is 0 Å². The summed E-state index contributed by atoms with van der Waals surface area (Å²) in [5, 5.41) is 6.94. The summed E-state index contributed by atoms with van der Waals surface area (Å²) in [6.07, 6.45) is 5.51. The first kappa shape index (κ1) is 14.8. The Balaban J connectivity index is 2.11. The van der Waals surface area contributed by atoms with E-state index in [-0.39, 0.29) is 5.91 Å². The first-order valence-electron chi connectivity index (χ1n) is 7.28. The normalized spacial score (nSPS) is 10.5. The summed E-state index contributed by atoms with van der Waals surface area (Å²) >= 11 is 0. The summed E-state index contributed by atoms with van der Waals surface area (Å²) in [6, 6.07) is 7.28. The van der Waals surface area contributed by atoms with E-state index in [4.69, 9.17) is 0 Å². The van der Waals surface area contributed by atoms with Crippen LogP contribution in [0.15, 0.2) is 42.9 Å². The zero-order valence-corrected chi connectivity index (χ0v) is 12.9. The molecule has 0 atom stereocenters. The van der Waals surface area contributed by atoms with E-state index < -0.39 is 0 Å². The van der Waals surface area contributed by atoms with Crippen molar-refractivity contribution in [3.8, 4) is 17.3 Å². The highest BCUT2D eigenvalue weighted by atomic mass is 16.1. The lowest BCUT2D eigenvalue weighted by molar-refractivity contribution is -0.115. The van der Waals surface area contributed by atoms with Gasteiger partial charge in [0.2, 0.25) is 5.91 Å². The molecular formula is C16H16N6O. The maximum atomic E-state index is 11.7. The molecule has 0 unspecified atom stereocenters. The minimum Gasteiger partial charge on any atom is -0.311 e. The van der Waals surface area contributed by atoms with Crippen molar-refractivity contribution in [3.05, 3.63) is 48.4 Å². The molecule has 1 N–H and O–H groups in total. The molecule has 1 amide bonds. The lowest BCUT2D eigenvalue weighted by atomic mass is 10.2. The Morgan fingerprint density at radius 2 is 2.13 bits per heavy atom. The van der Waals surface area contributed by atoms with Crippen LogP contribution in [0.1, 0.15) is 18.9 Å². The van der Waals surface area contributed by atoms with Crippen LogP contribution in [0.2, 0.25) is 0 Å². The lowest BCUT2D eigenvalue weighted by Crippen LogP contribution is -2.13. The van der Waals surface area contributed by atoms with E-state index in [0.717, 1.165) is 5.56 Å². The van der Waals surface area contributed by atoms with Crippen molar-refractivity contribution < 1.29 is 4.79 Å². The first-order chi connectivity index (χ1) is 11.2. The minimum absolute atomic E-state index is 0.112. The molecule has 3 rings (SSSR count). The molecule has 3 heterocycles. The van der Waals surface area contributed by atoms with Gasteiger partial charge in [-0.25, -0.2) is 14.6 Å². The molecule has 23 heavy (non-hydrogen) atoms. The predicted octanol–water partition coefficient (Wildman–Crippen LogP) is 2.38. The quantitative estimate of drug-likeness (QED) is 0.799. The van der Waals surface area contributed by atoms with Gasteiger partial charge in [0.25, 0.3) is 0 Å². The van der Waals surface area contributed by atoms with E-state index in [1.54, 1.807) is 42.3 Å². The molecule has 0 fully saturated rings. The Kier molecular flexibility index (Phi) is 4.09. The Hall–Kier alpha value is -3.09. The van der Waals surface area contributed by atoms with Gasteiger partial charge in [0, 0.05) is 31.1 Å². The summed E-state index contributed by atoms with van der Waals surface area (Å²) in [4.78, 5) is 25.0. The Morgan fingerprint density at radius 1 is 1.26 bits per heavy atom. The average Bonchev–Trinajstić information content (AvgIpc) is 3.09. The smallest absolute Gasteiger partial charge is 0.225 e. The second-order valence-corrected chi connectivity index (χ2v) is 4.96. The fourth-order valence-electron chi connectivity index (χ4n) is 2.08. The van der Waals surface area contributed by atoms with Crippen LogP contribution in [-0.2, 0) is 4.79 Å². The third kappa shape index (κ3) is 3.23. The molecule has 0 saturated carbocycles. The maximum Gasteiger partial charge on any atom is 0.225 e. The van der Waals surface area contributed by atoms with Gasteiger partial charge in [-0.15, -0.1) is 0 Å². The fraction of sp³-hybridized carbons (Fsp3) is 0.188. The number of pyridine rings is 1. The van der Waals surface area contributed by atoms with Crippen molar-refractivity contribution in [2.45, 2.75) is 20.3 Å². The second-order valence-electron chi connectivity index (χ2n) is 4.96. The molecule has 0 bridgehead atoms. The number of carbonyl (C=O) groups is 1. The van der Waals surface area contributed by atoms with Gasteiger partial charge in [-0.1, -0.05) is 13.0 Å². The van der Waals surface area contributed by atoms with Gasteiger partial charge < -0.3 is 5.32 Å². The Labute approximate surface area is 133 Å². The molecule has 0 spiro atoms. The number of carbonyl (C=O) groups excluding carboxylic acids is 1. The number of nitrogens with one attached hydrogen (secondary N) is 1. The van der Waals surface area contributed by atoms with E-state index in [2.05, 4.69) is 25.4 Å². The van der Waals surface area contributed by atoms with Crippen molar-refractivity contribution >= 4 is 11.7 Å². The van der Waals surface area contributed by atoms with Crippen molar-refractivity contribution in [3.63, 3.8) is 0 Å². The molecular weight excluding hydrogens is 292 g/mol. The van der Waals surface area contributed by atoms with E-state index in [1.807, 2.05) is 19.1 Å². The van der Waals surface area contributed by atoms with Crippen LogP contribution in [0.4, 0.5) is 5.82 Å². The van der Waals surface area contributed by atoms with Gasteiger partial charge in [0.05, 0.1) is 0 Å². The first-order valence-corrected chi connectivity index (χ1v) is 7.28. The predicted molar refractivity (Wildman–Crippen MR) is 86.0 cm³/mol. The van der Waals surface area contributed by atoms with Crippen LogP contribution in [-0.4, -0.2) is 30.6 Å². The van der Waals surface area contributed by atoms with Gasteiger partial charge in [0.1, 0.15) is 11.5 Å². The molecule has 0 aromatic carbocycles. The molecule has 0 aliphatic rings. The standard InChI is InChI=1S/C16H16N6O/c1-3-14(23)19-12-10-13(22-9-5-8-18-22)21-16(20-12)15-11(2)6-4-7-17-15/h4-10H,3H2,1-2H3,(H,19,20,21,23). The minimum atomic E-state index is -0.112. The molecule has 7 heteroatoms. The van der Waals surface area contributed by atoms with Crippen LogP contribution >= 0.6 is 0 Å². The monoisotopic (exact) mass is 308 g/mol. The molecule has 0 aliphatic heterocycles. The Bertz CT molecular complexity index is 828. The third-order valence-corrected chi connectivity index (χ3v) is 3.26. The molecule has 3 aromatic heterocycles. The Morgan fingerprint density at radius 3 is 2.83 bits per heavy atom. The average molecular weight is 308 g/mol. The van der Waals surface area contributed by atoms with Gasteiger partial charge in [-0.2, -0.15) is 5.10 Å². The summed E-state index contributed by atoms with van der Waals surface area (Å²) in [6.45, 7) is 3.73. The van der Waals surface area contributed by atoms with Gasteiger partial charge in [-0.3, -0.25) is 9.78 Å². The highest BCUT2D eigenvalue weighted by Crippen LogP contribution is 2.20. The zero-order chi connectivity index (χ0) is 16.2. The molecule has 3 aromatic rings. The molecule has 0 aliphatic carbocycles. The lowest BCUT2D eigenvalue weighted by Gasteiger charge is -2.10. The number of hydrogen-bond donors (Lipinski definition) is 1. The number of anilines is 1. The fourth-order valence-corrected chi connectivity index (χ4v) is 2.08. The zero-order valence-electron chi connectivity index (χ0n) is 12.9. The topological polar surface area (TPSA) is 85.6 Å². The summed E-state index contributed by atoms with van der Waals surface area (Å²) in [5.41, 5.74) is 1.63. The number of rotatable bonds is 4. The number of hydrogen-bond acceptors (Lipinski definition) is 5. The van der Waals surface area contributed by atoms with Crippen molar-refractivity contribution in [1.82, 2.24) is 24.7 Å². The third-order valence-electron chi connectivity index (χ3n) is 3.26. The van der Waals surface area contributed by atoms with Crippen LogP contribution in [0, 0.1) is 6.92 Å². The summed E-state index contributed by atoms with van der Waals surface area (Å²) in [5.74, 6) is 1.33. The van der Waals surface area contributed by atoms with E-state index in [0.29, 0.717) is 29.6 Å². The summed E-state index contributed by atoms with van der Waals surface area (Å²) in [7, 11) is 0. The van der Waals surface area contributed by atoms with Gasteiger partial charge in [0.15, 0.2) is 11.6 Å². The van der Waals surface area contributed by atoms with Crippen LogP contribution in [0.5, 0.6) is 0 Å².